The van der Waals surface area contributed by atoms with E-state index in [4.69, 9.17) is 7.48 Å². The first-order chi connectivity index (χ1) is 15.5. The summed E-state index contributed by atoms with van der Waals surface area (Å²) in [4.78, 5) is 24.1. The Morgan fingerprint density at radius 2 is 2.06 bits per heavy atom. The first kappa shape index (κ1) is 20.7. The minimum Gasteiger partial charge on any atom is -0.493 e. The molecule has 2 aliphatic rings. The number of hydrogen-bond donors (Lipinski definition) is 2. The second-order valence-corrected chi connectivity index (χ2v) is 9.78. The summed E-state index contributed by atoms with van der Waals surface area (Å²) in [6.07, 6.45) is 3.22. The second kappa shape index (κ2) is 10.4. The first-order valence-corrected chi connectivity index (χ1v) is 12.2. The Bertz CT molecular complexity index is 988. The highest BCUT2D eigenvalue weighted by Gasteiger charge is 2.35. The lowest BCUT2D eigenvalue weighted by atomic mass is 10.0. The van der Waals surface area contributed by atoms with Crippen molar-refractivity contribution in [2.45, 2.75) is 51.5 Å². The third-order valence-corrected chi connectivity index (χ3v) is 6.64. The van der Waals surface area contributed by atoms with E-state index in [0.29, 0.717) is 31.4 Å². The molecule has 1 saturated carbocycles. The lowest BCUT2D eigenvalue weighted by molar-refractivity contribution is -0.118. The molecule has 3 amide bonds. The zero-order valence-corrected chi connectivity index (χ0v) is 18.3. The van der Waals surface area contributed by atoms with Crippen molar-refractivity contribution in [1.82, 2.24) is 14.9 Å². The fourth-order valence-corrected chi connectivity index (χ4v) is 4.95. The molecule has 1 atom stereocenters. The van der Waals surface area contributed by atoms with Crippen LogP contribution in [0.4, 0.5) is 9.18 Å². The van der Waals surface area contributed by atoms with Gasteiger partial charge in [0.05, 0.1) is 15.1 Å². The minimum atomic E-state index is -3.65. The number of benzene rings is 1. The molecule has 8 nitrogen and oxygen atoms in total. The van der Waals surface area contributed by atoms with Crippen LogP contribution in [-0.2, 0) is 14.8 Å². The summed E-state index contributed by atoms with van der Waals surface area (Å²) in [6, 6.07) is 2.79. The third-order valence-electron chi connectivity index (χ3n) is 5.20. The topological polar surface area (TPSA) is 105 Å². The van der Waals surface area contributed by atoms with Crippen LogP contribution in [-0.4, -0.2) is 50.7 Å². The number of sulfonamides is 1. The number of rotatable bonds is 13. The van der Waals surface area contributed by atoms with Crippen LogP contribution in [0.2, 0.25) is 0 Å². The van der Waals surface area contributed by atoms with Crippen LogP contribution >= 0.6 is 0 Å². The molecule has 0 unspecified atom stereocenters. The molecule has 0 aromatic heterocycles. The number of nitrogens with zero attached hydrogens (tertiary/aromatic N) is 1. The van der Waals surface area contributed by atoms with Crippen LogP contribution in [0.3, 0.4) is 0 Å². The molecule has 0 radical (unpaired) electrons. The number of carbonyl (C=O) groups excluding carboxylic acids is 2. The molecule has 172 valence electrons. The molecule has 2 fully saturated rings. The smallest absolute Gasteiger partial charge is 0.324 e. The molecule has 1 aromatic rings. The van der Waals surface area contributed by atoms with Crippen LogP contribution in [0.15, 0.2) is 18.2 Å². The highest BCUT2D eigenvalue weighted by atomic mass is 32.2. The highest BCUT2D eigenvalue weighted by molar-refractivity contribution is 7.89. The Morgan fingerprint density at radius 3 is 2.71 bits per heavy atom. The van der Waals surface area contributed by atoms with Crippen LogP contribution in [0.5, 0.6) is 5.75 Å². The average Bonchev–Trinajstić information content (AvgIpc) is 3.50. The molecule has 1 aromatic carbocycles. The number of halogens is 1. The fraction of sp³-hybridized carbons (Fsp3) is 0.619. The van der Waals surface area contributed by atoms with Crippen molar-refractivity contribution in [1.29, 1.82) is 0 Å². The van der Waals surface area contributed by atoms with E-state index in [1.165, 1.54) is 17.0 Å². The van der Waals surface area contributed by atoms with Crippen LogP contribution in [0.25, 0.3) is 0 Å². The van der Waals surface area contributed by atoms with Gasteiger partial charge in [-0.3, -0.25) is 10.1 Å². The Hall–Kier alpha value is -2.20. The van der Waals surface area contributed by atoms with Gasteiger partial charge >= 0.3 is 6.03 Å². The van der Waals surface area contributed by atoms with Gasteiger partial charge in [0, 0.05) is 18.7 Å². The maximum Gasteiger partial charge on any atom is 0.324 e. The van der Waals surface area contributed by atoms with E-state index in [1.807, 2.05) is 0 Å². The summed E-state index contributed by atoms with van der Waals surface area (Å²) in [5.74, 6) is -1.01. The molecule has 1 aliphatic heterocycles. The monoisotopic (exact) mass is 457 g/mol. The predicted molar refractivity (Wildman–Crippen MR) is 114 cm³/mol. The lowest BCUT2D eigenvalue weighted by Gasteiger charge is -2.20. The fourth-order valence-electron chi connectivity index (χ4n) is 3.53. The van der Waals surface area contributed by atoms with Gasteiger partial charge in [0.15, 0.2) is 0 Å². The number of urea groups is 1. The molecule has 10 heteroatoms. The van der Waals surface area contributed by atoms with Gasteiger partial charge in [-0.15, -0.1) is 0 Å². The standard InChI is InChI=1S/C21H30FN3O5S/c1-2-9-30-18-12-16(11-17(22)13-18)20(15-6-7-15)24-31(28,29)10-5-3-4-8-25-14-19(26)23-21(25)27/h11-13,15,20,24H,2-10,14H2,1H3,(H,23,26,27)/t20-/m1/s1/i9D2. The molecule has 2 N–H and O–H groups in total. The summed E-state index contributed by atoms with van der Waals surface area (Å²) >= 11 is 0. The summed E-state index contributed by atoms with van der Waals surface area (Å²) in [5.41, 5.74) is 0.410. The summed E-state index contributed by atoms with van der Waals surface area (Å²) < 4.78 is 63.1. The highest BCUT2D eigenvalue weighted by Crippen LogP contribution is 2.42. The number of hydrogen-bond acceptors (Lipinski definition) is 5. The number of amides is 3. The van der Waals surface area contributed by atoms with Gasteiger partial charge in [0.1, 0.15) is 18.1 Å². The lowest BCUT2D eigenvalue weighted by Crippen LogP contribution is -2.32. The summed E-state index contributed by atoms with van der Waals surface area (Å²) in [5, 5.41) is 2.19. The average molecular weight is 458 g/mol. The number of imide groups is 1. The molecule has 0 spiro atoms. The molecule has 3 rings (SSSR count). The van der Waals surface area contributed by atoms with Crippen molar-refractivity contribution in [2.24, 2.45) is 5.92 Å². The van der Waals surface area contributed by atoms with E-state index in [-0.39, 0.29) is 36.3 Å². The van der Waals surface area contributed by atoms with Crippen LogP contribution in [0.1, 0.15) is 59.8 Å². The molecular weight excluding hydrogens is 425 g/mol. The maximum atomic E-state index is 14.2. The molecule has 1 heterocycles. The van der Waals surface area contributed by atoms with Crippen molar-refractivity contribution in [3.63, 3.8) is 0 Å². The van der Waals surface area contributed by atoms with E-state index in [0.717, 1.165) is 18.9 Å². The van der Waals surface area contributed by atoms with E-state index in [9.17, 15) is 22.4 Å². The van der Waals surface area contributed by atoms with Gasteiger partial charge in [-0.1, -0.05) is 13.3 Å². The second-order valence-electron chi connectivity index (χ2n) is 7.91. The zero-order valence-electron chi connectivity index (χ0n) is 19.5. The molecule has 31 heavy (non-hydrogen) atoms. The van der Waals surface area contributed by atoms with E-state index in [1.54, 1.807) is 6.92 Å². The van der Waals surface area contributed by atoms with E-state index >= 15 is 0 Å². The first-order valence-electron chi connectivity index (χ1n) is 11.6. The normalized spacial score (nSPS) is 19.1. The van der Waals surface area contributed by atoms with Crippen molar-refractivity contribution >= 4 is 22.0 Å². The van der Waals surface area contributed by atoms with Crippen molar-refractivity contribution in [3.8, 4) is 5.75 Å². The maximum absolute atomic E-state index is 14.2. The minimum absolute atomic E-state index is 0.0196. The Kier molecular flexibility index (Phi) is 6.95. The van der Waals surface area contributed by atoms with Crippen molar-refractivity contribution in [2.75, 3.05) is 25.4 Å². The largest absolute Gasteiger partial charge is 0.493 e. The van der Waals surface area contributed by atoms with Crippen molar-refractivity contribution < 1.29 is 29.9 Å². The van der Waals surface area contributed by atoms with Gasteiger partial charge < -0.3 is 9.64 Å². The quantitative estimate of drug-likeness (QED) is 0.350. The van der Waals surface area contributed by atoms with Gasteiger partial charge in [-0.2, -0.15) is 0 Å². The number of ether oxygens (including phenoxy) is 1. The Balaban J connectivity index is 1.56. The number of carbonyl (C=O) groups is 2. The Labute approximate surface area is 185 Å². The molecule has 1 saturated heterocycles. The zero-order chi connectivity index (χ0) is 24.2. The van der Waals surface area contributed by atoms with Gasteiger partial charge in [-0.05, 0) is 55.7 Å². The third kappa shape index (κ3) is 7.17. The van der Waals surface area contributed by atoms with Gasteiger partial charge in [0.2, 0.25) is 15.9 Å². The van der Waals surface area contributed by atoms with Gasteiger partial charge in [0.25, 0.3) is 0 Å². The number of nitrogens with one attached hydrogen (secondary N) is 2. The molecule has 1 aliphatic carbocycles. The summed E-state index contributed by atoms with van der Waals surface area (Å²) in [7, 11) is -3.65. The summed E-state index contributed by atoms with van der Waals surface area (Å²) in [6.45, 7) is 0.0669. The molecule has 0 bridgehead atoms. The predicted octanol–water partition coefficient (Wildman–Crippen LogP) is 2.71. The molecular formula is C21H30FN3O5S. The van der Waals surface area contributed by atoms with Crippen molar-refractivity contribution in [3.05, 3.63) is 29.6 Å². The Morgan fingerprint density at radius 1 is 1.29 bits per heavy atom. The number of unbranched alkanes of at least 4 members (excludes halogenated alkanes) is 2. The van der Waals surface area contributed by atoms with Crippen LogP contribution in [0, 0.1) is 11.7 Å². The van der Waals surface area contributed by atoms with Gasteiger partial charge in [-0.25, -0.2) is 22.3 Å². The SMILES string of the molecule is [2H]C([2H])(CC)Oc1cc(F)cc([C@H](NS(=O)(=O)CCCCCN2CC(=O)NC2=O)C2CC2)c1. The van der Waals surface area contributed by atoms with E-state index in [2.05, 4.69) is 10.0 Å². The van der Waals surface area contributed by atoms with E-state index < -0.39 is 34.5 Å². The van der Waals surface area contributed by atoms with Crippen LogP contribution < -0.4 is 14.8 Å².